The normalized spacial score (nSPS) is 28.4. The first-order valence-corrected chi connectivity index (χ1v) is 11.6. The number of unbranched alkanes of at least 4 members (excludes halogenated alkanes) is 2. The summed E-state index contributed by atoms with van der Waals surface area (Å²) >= 11 is 13.7. The van der Waals surface area contributed by atoms with E-state index < -0.39 is 4.46 Å². The molecule has 2 unspecified atom stereocenters. The summed E-state index contributed by atoms with van der Waals surface area (Å²) < 4.78 is -0.747. The van der Waals surface area contributed by atoms with Crippen LogP contribution in [0.5, 0.6) is 0 Å². The number of rotatable bonds is 6. The minimum Gasteiger partial charge on any atom is -0.302 e. The van der Waals surface area contributed by atoms with Gasteiger partial charge in [0, 0.05) is 69.3 Å². The molecule has 4 nitrogen and oxygen atoms in total. The van der Waals surface area contributed by atoms with Gasteiger partial charge in [0.25, 0.3) is 0 Å². The number of fused-ring (bicyclic) bond motifs is 3. The molecule has 1 radical (unpaired) electrons. The van der Waals surface area contributed by atoms with Gasteiger partial charge in [0.2, 0.25) is 0 Å². The molecule has 0 spiro atoms. The van der Waals surface area contributed by atoms with E-state index in [0.717, 1.165) is 45.7 Å². The molecule has 2 heterocycles. The zero-order valence-electron chi connectivity index (χ0n) is 17.4. The summed E-state index contributed by atoms with van der Waals surface area (Å²) in [5, 5.41) is 0. The predicted molar refractivity (Wildman–Crippen MR) is 114 cm³/mol. The average Bonchev–Trinajstić information content (AvgIpc) is 2.63. The minimum absolute atomic E-state index is 0. The Labute approximate surface area is 188 Å². The maximum Gasteiger partial charge on any atom is 0.172 e. The molecule has 2 aliphatic rings. The van der Waals surface area contributed by atoms with Gasteiger partial charge in [0.15, 0.2) is 4.46 Å². The minimum atomic E-state index is -0.747. The maximum atomic E-state index is 6.86. The van der Waals surface area contributed by atoms with Gasteiger partial charge in [-0.2, -0.15) is 0 Å². The van der Waals surface area contributed by atoms with E-state index in [4.69, 9.17) is 23.2 Å². The van der Waals surface area contributed by atoms with Crippen LogP contribution in [-0.4, -0.2) is 96.0 Å². The molecule has 161 valence electrons. The molecule has 7 heteroatoms. The van der Waals surface area contributed by atoms with Crippen LogP contribution in [0.2, 0.25) is 0 Å². The van der Waals surface area contributed by atoms with Gasteiger partial charge in [-0.15, -0.1) is 0 Å². The van der Waals surface area contributed by atoms with Crippen LogP contribution in [0, 0.1) is 0 Å². The van der Waals surface area contributed by atoms with Gasteiger partial charge in [-0.05, 0) is 45.4 Å². The molecule has 0 amide bonds. The van der Waals surface area contributed by atoms with E-state index in [1.165, 1.54) is 64.8 Å². The molecule has 2 atom stereocenters. The quantitative estimate of drug-likeness (QED) is 0.339. The van der Waals surface area contributed by atoms with Crippen molar-refractivity contribution in [2.75, 3.05) is 72.0 Å². The van der Waals surface area contributed by atoms with Crippen LogP contribution in [0.3, 0.4) is 0 Å². The molecule has 0 N–H and O–H groups in total. The fourth-order valence-corrected chi connectivity index (χ4v) is 4.49. The summed E-state index contributed by atoms with van der Waals surface area (Å²) in [6.07, 6.45) is 7.14. The van der Waals surface area contributed by atoms with Gasteiger partial charge < -0.3 is 14.7 Å². The van der Waals surface area contributed by atoms with Gasteiger partial charge in [-0.3, -0.25) is 4.90 Å². The molecule has 27 heavy (non-hydrogen) atoms. The zero-order valence-corrected chi connectivity index (χ0v) is 20.1. The first-order chi connectivity index (χ1) is 12.5. The Hall–Kier alpha value is 0.939. The average molecular weight is 462 g/mol. The molecule has 0 saturated carbocycles. The van der Waals surface area contributed by atoms with Gasteiger partial charge in [0.05, 0.1) is 0 Å². The van der Waals surface area contributed by atoms with Crippen molar-refractivity contribution in [2.45, 2.75) is 56.8 Å². The Morgan fingerprint density at radius 2 is 1.26 bits per heavy atom. The second kappa shape index (κ2) is 14.0. The van der Waals surface area contributed by atoms with Crippen molar-refractivity contribution in [1.29, 1.82) is 0 Å². The Morgan fingerprint density at radius 1 is 0.704 bits per heavy atom. The topological polar surface area (TPSA) is 13.0 Å². The van der Waals surface area contributed by atoms with Crippen molar-refractivity contribution < 1.29 is 17.1 Å². The van der Waals surface area contributed by atoms with E-state index in [1.54, 1.807) is 0 Å². The number of halogens is 2. The number of hydrogen-bond acceptors (Lipinski definition) is 4. The third-order valence-electron chi connectivity index (χ3n) is 5.90. The molecule has 0 aromatic heterocycles. The summed E-state index contributed by atoms with van der Waals surface area (Å²) in [6.45, 7) is 16.7. The van der Waals surface area contributed by atoms with Crippen LogP contribution in [0.1, 0.15) is 52.4 Å². The van der Waals surface area contributed by atoms with Gasteiger partial charge in [-0.25, -0.2) is 0 Å². The molecule has 2 aliphatic heterocycles. The summed E-state index contributed by atoms with van der Waals surface area (Å²) in [6, 6.07) is 0. The number of nitrogens with zero attached hydrogens (tertiary/aromatic N) is 4. The van der Waals surface area contributed by atoms with E-state index in [1.807, 2.05) is 0 Å². The predicted octanol–water partition coefficient (Wildman–Crippen LogP) is 3.73. The van der Waals surface area contributed by atoms with E-state index >= 15 is 0 Å². The molecular weight excluding hydrogens is 422 g/mol. The molecular formula is C20H40Cl2MnN4. The van der Waals surface area contributed by atoms with Crippen LogP contribution in [0.4, 0.5) is 0 Å². The fourth-order valence-electron chi connectivity index (χ4n) is 3.98. The van der Waals surface area contributed by atoms with Crippen molar-refractivity contribution in [3.8, 4) is 0 Å². The second-order valence-electron chi connectivity index (χ2n) is 7.99. The van der Waals surface area contributed by atoms with Gasteiger partial charge in [-0.1, -0.05) is 49.9 Å². The van der Waals surface area contributed by atoms with Crippen molar-refractivity contribution in [3.05, 3.63) is 0 Å². The zero-order chi connectivity index (χ0) is 18.8. The first kappa shape index (κ1) is 26.0. The van der Waals surface area contributed by atoms with Crippen LogP contribution in [0.25, 0.3) is 0 Å². The summed E-state index contributed by atoms with van der Waals surface area (Å²) in [7, 11) is 0. The van der Waals surface area contributed by atoms with Crippen molar-refractivity contribution in [3.63, 3.8) is 0 Å². The van der Waals surface area contributed by atoms with Crippen molar-refractivity contribution in [1.82, 2.24) is 19.6 Å². The molecule has 0 aliphatic carbocycles. The molecule has 2 rings (SSSR count). The van der Waals surface area contributed by atoms with Crippen LogP contribution in [-0.2, 0) is 17.1 Å². The fraction of sp³-hybridized carbons (Fsp3) is 1.00. The third kappa shape index (κ3) is 9.53. The summed E-state index contributed by atoms with van der Waals surface area (Å²) in [4.78, 5) is 10.1. The van der Waals surface area contributed by atoms with Crippen LogP contribution >= 0.6 is 23.2 Å². The standard InChI is InChI=1S/C20H40Cl2N4.Mn/c1-3-5-9-23-11-7-12-25-15-14-24(10-6-4-2)13-8-20(21,22)26(18-16-23)19-17-25;/h3-19H2,1-2H3;. The van der Waals surface area contributed by atoms with Gasteiger partial charge in [0.1, 0.15) is 0 Å². The van der Waals surface area contributed by atoms with E-state index in [-0.39, 0.29) is 17.1 Å². The van der Waals surface area contributed by atoms with E-state index in [9.17, 15) is 0 Å². The third-order valence-corrected chi connectivity index (χ3v) is 6.76. The number of alkyl halides is 2. The molecule has 0 aromatic rings. The van der Waals surface area contributed by atoms with Crippen LogP contribution in [0.15, 0.2) is 0 Å². The SMILES string of the molecule is CCCCN1CCCN2CCN(CCCC)CCC(Cl)(Cl)N(CC1)CC2.[Mn]. The molecule has 0 aromatic carbocycles. The first-order valence-electron chi connectivity index (χ1n) is 10.8. The second-order valence-corrected chi connectivity index (χ2v) is 9.43. The molecule has 2 fully saturated rings. The Balaban J connectivity index is 0.00000364. The molecule has 2 saturated heterocycles. The number of hydrogen-bond donors (Lipinski definition) is 0. The van der Waals surface area contributed by atoms with Crippen molar-refractivity contribution in [2.24, 2.45) is 0 Å². The monoisotopic (exact) mass is 461 g/mol. The van der Waals surface area contributed by atoms with E-state index in [2.05, 4.69) is 33.4 Å². The summed E-state index contributed by atoms with van der Waals surface area (Å²) in [5.41, 5.74) is 0. The van der Waals surface area contributed by atoms with Crippen molar-refractivity contribution >= 4 is 23.2 Å². The maximum absolute atomic E-state index is 6.86. The Morgan fingerprint density at radius 3 is 1.93 bits per heavy atom. The molecule has 2 bridgehead atoms. The Bertz CT molecular complexity index is 387. The largest absolute Gasteiger partial charge is 0.302 e. The van der Waals surface area contributed by atoms with Gasteiger partial charge >= 0.3 is 0 Å². The summed E-state index contributed by atoms with van der Waals surface area (Å²) in [5.74, 6) is 0. The Kier molecular flexibility index (Phi) is 13.5. The van der Waals surface area contributed by atoms with E-state index in [0.29, 0.717) is 0 Å². The van der Waals surface area contributed by atoms with Crippen LogP contribution < -0.4 is 0 Å². The smallest absolute Gasteiger partial charge is 0.172 e.